The Bertz CT molecular complexity index is 3550. The number of hydrogen-bond acceptors (Lipinski definition) is 2. The van der Waals surface area contributed by atoms with Crippen LogP contribution in [0, 0.1) is 0 Å². The molecule has 0 unspecified atom stereocenters. The van der Waals surface area contributed by atoms with Crippen LogP contribution >= 0.6 is 23.2 Å². The van der Waals surface area contributed by atoms with Gasteiger partial charge in [0.25, 0.3) is 0 Å². The Morgan fingerprint density at radius 1 is 0.268 bits per heavy atom. The maximum absolute atomic E-state index is 7.88. The van der Waals surface area contributed by atoms with Crippen molar-refractivity contribution in [1.29, 1.82) is 0 Å². The molecule has 0 spiro atoms. The molecule has 3 aromatic heterocycles. The van der Waals surface area contributed by atoms with E-state index < -0.39 is 0 Å². The quantitative estimate of drug-likeness (QED) is 0.185. The number of benzene rings is 4. The average molecular weight is 1130 g/mol. The molecule has 5 heterocycles. The van der Waals surface area contributed by atoms with E-state index in [0.717, 1.165) is 78.0 Å². The van der Waals surface area contributed by atoms with Gasteiger partial charge in [-0.3, -0.25) is 0 Å². The zero-order chi connectivity index (χ0) is 60.6. The van der Waals surface area contributed by atoms with Crippen molar-refractivity contribution in [3.05, 3.63) is 164 Å². The van der Waals surface area contributed by atoms with Crippen LogP contribution in [0.25, 0.3) is 88.8 Å². The van der Waals surface area contributed by atoms with Crippen LogP contribution in [-0.2, 0) is 43.3 Å². The summed E-state index contributed by atoms with van der Waals surface area (Å²) in [5.74, 6) is 0. The molecule has 0 amide bonds. The molecule has 4 nitrogen and oxygen atoms in total. The Balaban J connectivity index is 1.60. The second-order valence-corrected chi connectivity index (χ2v) is 32.8. The van der Waals surface area contributed by atoms with E-state index in [-0.39, 0.29) is 43.3 Å². The van der Waals surface area contributed by atoms with Gasteiger partial charge in [-0.15, -0.1) is 0 Å². The van der Waals surface area contributed by atoms with Crippen LogP contribution in [0.2, 0.25) is 0 Å². The van der Waals surface area contributed by atoms with Gasteiger partial charge in [-0.1, -0.05) is 262 Å². The van der Waals surface area contributed by atoms with Crippen molar-refractivity contribution in [2.45, 2.75) is 209 Å². The Morgan fingerprint density at radius 2 is 0.451 bits per heavy atom. The minimum absolute atomic E-state index is 0.146. The number of aromatic nitrogens is 4. The standard InChI is InChI=1S/C76H92Cl2N4/c1-69(2,3)47-29-43(30-48(37-47)70(4,5)6)63-57-25-27-59(79-57)65(45-33-51(73(13,14)15)39-52(34-45)74(16,17)18)68-56(78)42-62(82-68)64(44-31-49(71(7,8)9)38-50(32-44)72(10,11)12)58-26-28-60(80-58)66(67-55(77)41-61(63)81-67)46-35-53(75(19,20)21)40-54(36-46)76(22,23)24/h25-42,79-80H,1-24H3. The summed E-state index contributed by atoms with van der Waals surface area (Å²) in [6.45, 7) is 55.1. The van der Waals surface area contributed by atoms with Crippen LogP contribution in [0.4, 0.5) is 0 Å². The lowest BCUT2D eigenvalue weighted by Gasteiger charge is -2.26. The molecule has 0 radical (unpaired) electrons. The van der Waals surface area contributed by atoms with Gasteiger partial charge in [-0.05, 0) is 146 Å². The number of fused-ring (bicyclic) bond motifs is 8. The Hall–Kier alpha value is -5.94. The monoisotopic (exact) mass is 1130 g/mol. The van der Waals surface area contributed by atoms with Gasteiger partial charge in [-0.2, -0.15) is 0 Å². The third kappa shape index (κ3) is 12.2. The Kier molecular flexibility index (Phi) is 15.1. The van der Waals surface area contributed by atoms with E-state index >= 15 is 0 Å². The highest BCUT2D eigenvalue weighted by Gasteiger charge is 2.31. The van der Waals surface area contributed by atoms with E-state index in [1.807, 2.05) is 0 Å². The molecule has 9 rings (SSSR count). The number of rotatable bonds is 4. The third-order valence-corrected chi connectivity index (χ3v) is 17.3. The highest BCUT2D eigenvalue weighted by Crippen LogP contribution is 2.47. The van der Waals surface area contributed by atoms with Gasteiger partial charge in [0.1, 0.15) is 0 Å². The minimum Gasteiger partial charge on any atom is -0.354 e. The smallest absolute Gasteiger partial charge is 0.0923 e. The summed E-state index contributed by atoms with van der Waals surface area (Å²) in [5.41, 5.74) is 23.3. The van der Waals surface area contributed by atoms with Crippen LogP contribution in [-0.4, -0.2) is 19.9 Å². The predicted molar refractivity (Wildman–Crippen MR) is 360 cm³/mol. The summed E-state index contributed by atoms with van der Waals surface area (Å²) in [5, 5.41) is 1.14. The first kappa shape index (κ1) is 60.6. The van der Waals surface area contributed by atoms with Crippen molar-refractivity contribution in [2.24, 2.45) is 0 Å². The topological polar surface area (TPSA) is 57.4 Å². The second-order valence-electron chi connectivity index (χ2n) is 31.9. The van der Waals surface area contributed by atoms with Crippen molar-refractivity contribution in [3.8, 4) is 44.5 Å². The van der Waals surface area contributed by atoms with Gasteiger partial charge >= 0.3 is 0 Å². The van der Waals surface area contributed by atoms with Gasteiger partial charge in [0.15, 0.2) is 0 Å². The normalized spacial score (nSPS) is 14.1. The molecule has 4 aromatic carbocycles. The molecule has 0 saturated heterocycles. The zero-order valence-corrected chi connectivity index (χ0v) is 55.6. The number of H-pyrrole nitrogens is 2. The number of hydrogen-bond donors (Lipinski definition) is 2. The van der Waals surface area contributed by atoms with Crippen LogP contribution in [0.3, 0.4) is 0 Å². The van der Waals surface area contributed by atoms with E-state index in [2.05, 4.69) is 285 Å². The van der Waals surface area contributed by atoms with Gasteiger partial charge in [0.2, 0.25) is 0 Å². The number of nitrogens with zero attached hydrogens (tertiary/aromatic N) is 2. The molecule has 6 heteroatoms. The van der Waals surface area contributed by atoms with Crippen LogP contribution in [0.15, 0.2) is 97.1 Å². The third-order valence-electron chi connectivity index (χ3n) is 16.7. The highest BCUT2D eigenvalue weighted by atomic mass is 35.5. The fourth-order valence-corrected chi connectivity index (χ4v) is 11.5. The molecule has 0 aliphatic carbocycles. The first-order valence-electron chi connectivity index (χ1n) is 29.7. The molecule has 0 atom stereocenters. The molecule has 2 aliphatic heterocycles. The van der Waals surface area contributed by atoms with E-state index in [1.165, 1.54) is 44.5 Å². The van der Waals surface area contributed by atoms with E-state index in [9.17, 15) is 0 Å². The SMILES string of the molecule is CC(C)(C)c1cc(-c2c3nc(c(-c4cc(C(C)(C)C)cc(C(C)(C)C)c4)c4ccc([nH]4)c(-c4cc(C(C)(C)C)cc(C(C)(C)C)c4)c4nc(c(-c5cc(C(C)(C)C)cc(C(C)(C)C)c5)c5ccc2[nH]5)C(Cl)=C4)C(Cl)=C3)cc(C(C)(C)C)c1. The van der Waals surface area contributed by atoms with E-state index in [4.69, 9.17) is 33.2 Å². The van der Waals surface area contributed by atoms with Crippen molar-refractivity contribution in [2.75, 3.05) is 0 Å². The number of halogens is 2. The van der Waals surface area contributed by atoms with Crippen LogP contribution in [0.5, 0.6) is 0 Å². The first-order valence-corrected chi connectivity index (χ1v) is 30.4. The van der Waals surface area contributed by atoms with Crippen LogP contribution in [0.1, 0.15) is 233 Å². The summed E-state index contributed by atoms with van der Waals surface area (Å²) < 4.78 is 0. The minimum atomic E-state index is -0.151. The molecule has 430 valence electrons. The average Bonchev–Trinajstić information content (AvgIpc) is 4.02. The maximum Gasteiger partial charge on any atom is 0.0923 e. The Labute approximate surface area is 502 Å². The van der Waals surface area contributed by atoms with Gasteiger partial charge < -0.3 is 9.97 Å². The molecule has 7 aromatic rings. The summed E-state index contributed by atoms with van der Waals surface area (Å²) in [6.07, 6.45) is 4.18. The molecule has 2 N–H and O–H groups in total. The van der Waals surface area contributed by atoms with Crippen molar-refractivity contribution in [3.63, 3.8) is 0 Å². The largest absolute Gasteiger partial charge is 0.354 e. The van der Waals surface area contributed by atoms with E-state index in [0.29, 0.717) is 21.5 Å². The van der Waals surface area contributed by atoms with E-state index in [1.54, 1.807) is 0 Å². The van der Waals surface area contributed by atoms with Gasteiger partial charge in [0.05, 0.1) is 32.8 Å². The second kappa shape index (κ2) is 20.4. The summed E-state index contributed by atoms with van der Waals surface area (Å²) in [4.78, 5) is 19.8. The van der Waals surface area contributed by atoms with Crippen LogP contribution < -0.4 is 0 Å². The summed E-state index contributed by atoms with van der Waals surface area (Å²) in [7, 11) is 0. The van der Waals surface area contributed by atoms with Gasteiger partial charge in [-0.25, -0.2) is 9.97 Å². The fourth-order valence-electron chi connectivity index (χ4n) is 11.0. The zero-order valence-electron chi connectivity index (χ0n) is 54.0. The molecule has 8 bridgehead atoms. The number of aromatic amines is 2. The highest BCUT2D eigenvalue weighted by molar-refractivity contribution is 6.53. The summed E-state index contributed by atoms with van der Waals surface area (Å²) >= 11 is 15.8. The predicted octanol–water partition coefficient (Wildman–Crippen LogP) is 22.8. The molecule has 0 fully saturated rings. The maximum atomic E-state index is 7.88. The van der Waals surface area contributed by atoms with Crippen molar-refractivity contribution < 1.29 is 0 Å². The fraction of sp³-hybridized carbons (Fsp3) is 0.421. The van der Waals surface area contributed by atoms with Gasteiger partial charge in [0, 0.05) is 44.3 Å². The lowest BCUT2D eigenvalue weighted by atomic mass is 9.78. The molecule has 2 aliphatic rings. The molecular weight excluding hydrogens is 1040 g/mol. The van der Waals surface area contributed by atoms with Crippen molar-refractivity contribution >= 4 is 67.5 Å². The lowest BCUT2D eigenvalue weighted by Crippen LogP contribution is -2.16. The molecular formula is C76H92Cl2N4. The molecule has 0 saturated carbocycles. The van der Waals surface area contributed by atoms with Crippen molar-refractivity contribution in [1.82, 2.24) is 19.9 Å². The Morgan fingerprint density at radius 3 is 0.646 bits per heavy atom. The lowest BCUT2D eigenvalue weighted by molar-refractivity contribution is 0.568. The number of nitrogens with one attached hydrogen (secondary N) is 2. The first-order chi connectivity index (χ1) is 37.5. The summed E-state index contributed by atoms with van der Waals surface area (Å²) in [6, 6.07) is 37.3. The molecule has 82 heavy (non-hydrogen) atoms.